The normalized spacial score (nSPS) is 9.62. The third-order valence-electron chi connectivity index (χ3n) is 0.937. The molecule has 2 heteroatoms. The Labute approximate surface area is 47.2 Å². The summed E-state index contributed by atoms with van der Waals surface area (Å²) in [6, 6.07) is 0. The van der Waals surface area contributed by atoms with Gasteiger partial charge in [0.1, 0.15) is 5.42 Å². The van der Waals surface area contributed by atoms with E-state index in [2.05, 4.69) is 18.1 Å². The van der Waals surface area contributed by atoms with Crippen molar-refractivity contribution in [3.63, 3.8) is 0 Å². The number of hydrogen-bond donors (Lipinski definition) is 0. The fourth-order valence-electron chi connectivity index (χ4n) is 0.488. The molecule has 0 saturated carbocycles. The molecule has 0 aliphatic heterocycles. The molecule has 0 atom stereocenters. The molecular formula is C6H7NO. The number of oxazole rings is 1. The Kier molecular flexibility index (Phi) is 0.938. The van der Waals surface area contributed by atoms with Gasteiger partial charge in [-0.15, -0.1) is 0 Å². The zero-order chi connectivity index (χ0) is 6.15. The number of rotatable bonds is 0. The molecule has 1 heterocycles. The number of aryl methyl sites for hydroxylation is 1. The average Bonchev–Trinajstić information content (AvgIpc) is 1.85. The van der Waals surface area contributed by atoms with Crippen molar-refractivity contribution in [2.24, 2.45) is 0 Å². The molecule has 0 spiro atoms. The highest BCUT2D eigenvalue weighted by Crippen LogP contribution is 1.70. The van der Waals surface area contributed by atoms with Gasteiger partial charge in [0.25, 0.3) is 0 Å². The maximum atomic E-state index is 4.88. The van der Waals surface area contributed by atoms with Crippen molar-refractivity contribution in [3.8, 4) is 0 Å². The van der Waals surface area contributed by atoms with E-state index in [0.29, 0.717) is 11.0 Å². The number of aromatic nitrogens is 1. The van der Waals surface area contributed by atoms with Crippen LogP contribution in [0.25, 0.3) is 13.2 Å². The maximum absolute atomic E-state index is 4.88. The van der Waals surface area contributed by atoms with E-state index in [0.717, 1.165) is 5.69 Å². The molecule has 0 unspecified atom stereocenters. The average molecular weight is 109 g/mol. The molecule has 0 radical (unpaired) electrons. The second-order valence-electron chi connectivity index (χ2n) is 1.62. The fourth-order valence-corrected chi connectivity index (χ4v) is 0.488. The van der Waals surface area contributed by atoms with Crippen LogP contribution in [0, 0.1) is 6.92 Å². The van der Waals surface area contributed by atoms with Crippen LogP contribution < -0.4 is 11.0 Å². The highest BCUT2D eigenvalue weighted by atomic mass is 16.3. The molecule has 1 rings (SSSR count). The summed E-state index contributed by atoms with van der Waals surface area (Å²) in [7, 11) is 0. The van der Waals surface area contributed by atoms with Crippen LogP contribution in [0.3, 0.4) is 0 Å². The first-order valence-electron chi connectivity index (χ1n) is 2.31. The number of nitrogens with zero attached hydrogens (tertiary/aromatic N) is 1. The Morgan fingerprint density at radius 3 is 2.25 bits per heavy atom. The molecule has 0 saturated heterocycles. The molecule has 0 aromatic carbocycles. The van der Waals surface area contributed by atoms with Crippen molar-refractivity contribution in [2.45, 2.75) is 6.92 Å². The van der Waals surface area contributed by atoms with Gasteiger partial charge in [0.2, 0.25) is 5.55 Å². The van der Waals surface area contributed by atoms with Crippen LogP contribution >= 0.6 is 0 Å². The Hall–Kier alpha value is -1.05. The summed E-state index contributed by atoms with van der Waals surface area (Å²) < 4.78 is 4.88. The van der Waals surface area contributed by atoms with Crippen molar-refractivity contribution < 1.29 is 4.42 Å². The summed E-state index contributed by atoms with van der Waals surface area (Å²) in [4.78, 5) is 3.87. The zero-order valence-electron chi connectivity index (χ0n) is 4.77. The predicted octanol–water partition coefficient (Wildman–Crippen LogP) is -0.196. The molecule has 0 N–H and O–H groups in total. The van der Waals surface area contributed by atoms with Gasteiger partial charge in [0, 0.05) is 0 Å². The molecule has 8 heavy (non-hydrogen) atoms. The van der Waals surface area contributed by atoms with Crippen molar-refractivity contribution in [1.82, 2.24) is 4.98 Å². The molecule has 1 aromatic rings. The summed E-state index contributed by atoms with van der Waals surface area (Å²) in [5.74, 6) is 0. The summed E-state index contributed by atoms with van der Waals surface area (Å²) in [6.45, 7) is 8.89. The summed E-state index contributed by atoms with van der Waals surface area (Å²) >= 11 is 0. The molecule has 0 fully saturated rings. The molecule has 0 bridgehead atoms. The first kappa shape index (κ1) is 5.09. The molecule has 0 aliphatic carbocycles. The standard InChI is InChI=1S/C6H7NO/c1-4-5(2)8-6(3)7-4/h2-3H2,1H3. The quantitative estimate of drug-likeness (QED) is 0.461. The van der Waals surface area contributed by atoms with Crippen LogP contribution in [-0.4, -0.2) is 4.98 Å². The predicted molar refractivity (Wildman–Crippen MR) is 31.5 cm³/mol. The molecule has 0 aliphatic rings. The van der Waals surface area contributed by atoms with Gasteiger partial charge in [0.05, 0.1) is 5.69 Å². The van der Waals surface area contributed by atoms with Crippen LogP contribution in [0.4, 0.5) is 0 Å². The lowest BCUT2D eigenvalue weighted by molar-refractivity contribution is 0.493. The molecule has 42 valence electrons. The van der Waals surface area contributed by atoms with E-state index < -0.39 is 0 Å². The highest BCUT2D eigenvalue weighted by molar-refractivity contribution is 5.01. The summed E-state index contributed by atoms with van der Waals surface area (Å²) in [5.41, 5.74) is 1.86. The Morgan fingerprint density at radius 2 is 2.12 bits per heavy atom. The molecular weight excluding hydrogens is 102 g/mol. The Bertz CT molecular complexity index is 273. The van der Waals surface area contributed by atoms with Crippen LogP contribution in [0.2, 0.25) is 0 Å². The van der Waals surface area contributed by atoms with Gasteiger partial charge in [-0.2, -0.15) is 0 Å². The third-order valence-corrected chi connectivity index (χ3v) is 0.937. The number of hydrogen-bond acceptors (Lipinski definition) is 2. The molecule has 1 aromatic heterocycles. The van der Waals surface area contributed by atoms with E-state index >= 15 is 0 Å². The van der Waals surface area contributed by atoms with Gasteiger partial charge in [-0.25, -0.2) is 4.98 Å². The van der Waals surface area contributed by atoms with Crippen molar-refractivity contribution in [1.29, 1.82) is 0 Å². The highest BCUT2D eigenvalue weighted by Gasteiger charge is 1.88. The van der Waals surface area contributed by atoms with Gasteiger partial charge in [-0.3, -0.25) is 0 Å². The summed E-state index contributed by atoms with van der Waals surface area (Å²) in [5, 5.41) is 0. The van der Waals surface area contributed by atoms with Crippen LogP contribution in [0.1, 0.15) is 5.69 Å². The van der Waals surface area contributed by atoms with Crippen molar-refractivity contribution in [2.75, 3.05) is 0 Å². The second kappa shape index (κ2) is 1.47. The SMILES string of the molecule is C=c1nc(C)c(=C)o1. The summed E-state index contributed by atoms with van der Waals surface area (Å²) in [6.07, 6.45) is 0. The van der Waals surface area contributed by atoms with Crippen LogP contribution in [0.5, 0.6) is 0 Å². The van der Waals surface area contributed by atoms with Gasteiger partial charge in [-0.05, 0) is 13.5 Å². The van der Waals surface area contributed by atoms with Crippen molar-refractivity contribution in [3.05, 3.63) is 16.7 Å². The van der Waals surface area contributed by atoms with Gasteiger partial charge >= 0.3 is 0 Å². The van der Waals surface area contributed by atoms with Crippen molar-refractivity contribution >= 4 is 13.2 Å². The molecule has 2 nitrogen and oxygen atoms in total. The third kappa shape index (κ3) is 0.644. The largest absolute Gasteiger partial charge is 0.438 e. The second-order valence-corrected chi connectivity index (χ2v) is 1.62. The minimum atomic E-state index is 0.438. The van der Waals surface area contributed by atoms with E-state index in [1.165, 1.54) is 0 Å². The van der Waals surface area contributed by atoms with E-state index in [1.807, 2.05) is 6.92 Å². The van der Waals surface area contributed by atoms with E-state index in [1.54, 1.807) is 0 Å². The smallest absolute Gasteiger partial charge is 0.212 e. The zero-order valence-corrected chi connectivity index (χ0v) is 4.77. The maximum Gasteiger partial charge on any atom is 0.212 e. The first-order chi connectivity index (χ1) is 3.70. The lowest BCUT2D eigenvalue weighted by Crippen LogP contribution is -1.95. The minimum Gasteiger partial charge on any atom is -0.438 e. The lowest BCUT2D eigenvalue weighted by Gasteiger charge is -1.67. The van der Waals surface area contributed by atoms with Crippen LogP contribution in [-0.2, 0) is 0 Å². The first-order valence-corrected chi connectivity index (χ1v) is 2.31. The van der Waals surface area contributed by atoms with Gasteiger partial charge in [-0.1, -0.05) is 6.58 Å². The topological polar surface area (TPSA) is 26.0 Å². The van der Waals surface area contributed by atoms with E-state index in [9.17, 15) is 0 Å². The minimum absolute atomic E-state index is 0.438. The monoisotopic (exact) mass is 109 g/mol. The van der Waals surface area contributed by atoms with Gasteiger partial charge in [0.15, 0.2) is 0 Å². The lowest BCUT2D eigenvalue weighted by atomic mass is 10.5. The van der Waals surface area contributed by atoms with Gasteiger partial charge < -0.3 is 4.42 Å². The van der Waals surface area contributed by atoms with E-state index in [-0.39, 0.29) is 0 Å². The van der Waals surface area contributed by atoms with Crippen LogP contribution in [0.15, 0.2) is 4.42 Å². The fraction of sp³-hybridized carbons (Fsp3) is 0.167. The Morgan fingerprint density at radius 1 is 1.50 bits per heavy atom. The Balaban J connectivity index is 3.59. The van der Waals surface area contributed by atoms with E-state index in [4.69, 9.17) is 4.42 Å². The molecule has 0 amide bonds.